The second-order valence-corrected chi connectivity index (χ2v) is 10.5. The highest BCUT2D eigenvalue weighted by atomic mass is 35.5. The van der Waals surface area contributed by atoms with Crippen LogP contribution in [0.3, 0.4) is 0 Å². The van der Waals surface area contributed by atoms with E-state index in [-0.39, 0.29) is 12.0 Å². The molecule has 1 saturated heterocycles. The van der Waals surface area contributed by atoms with E-state index in [4.69, 9.17) is 26.6 Å². The minimum atomic E-state index is -5.08. The first kappa shape index (κ1) is 27.0. The summed E-state index contributed by atoms with van der Waals surface area (Å²) in [6.07, 6.45) is -3.32. The van der Waals surface area contributed by atoms with Gasteiger partial charge in [-0.2, -0.15) is 18.3 Å². The molecule has 5 rings (SSSR count). The van der Waals surface area contributed by atoms with Crippen LogP contribution in [-0.4, -0.2) is 54.6 Å². The SMILES string of the molecule is Cc1nc(Cn2nc3n(c(=O)c2=O)CCC32CCN(Cc3cccc(Cl)c3)C2)cs1.O=C(O)C(F)(F)F. The first-order chi connectivity index (χ1) is 17.4. The van der Waals surface area contributed by atoms with Crippen molar-refractivity contribution in [3.63, 3.8) is 0 Å². The Morgan fingerprint density at radius 2 is 1.89 bits per heavy atom. The summed E-state index contributed by atoms with van der Waals surface area (Å²) < 4.78 is 34.6. The summed E-state index contributed by atoms with van der Waals surface area (Å²) in [5.74, 6) is -2.01. The van der Waals surface area contributed by atoms with Crippen LogP contribution >= 0.6 is 22.9 Å². The van der Waals surface area contributed by atoms with Gasteiger partial charge < -0.3 is 5.11 Å². The third kappa shape index (κ3) is 5.94. The lowest BCUT2D eigenvalue weighted by molar-refractivity contribution is -0.192. The van der Waals surface area contributed by atoms with Gasteiger partial charge in [-0.1, -0.05) is 23.7 Å². The van der Waals surface area contributed by atoms with Crippen LogP contribution in [0.25, 0.3) is 0 Å². The molecule has 1 unspecified atom stereocenters. The summed E-state index contributed by atoms with van der Waals surface area (Å²) in [6, 6.07) is 7.92. The smallest absolute Gasteiger partial charge is 0.475 e. The van der Waals surface area contributed by atoms with Gasteiger partial charge in [-0.25, -0.2) is 14.5 Å². The molecule has 1 spiro atoms. The number of thiazole rings is 1. The predicted molar refractivity (Wildman–Crippen MR) is 130 cm³/mol. The molecule has 2 aromatic heterocycles. The highest BCUT2D eigenvalue weighted by molar-refractivity contribution is 7.09. The van der Waals surface area contributed by atoms with Crippen LogP contribution in [0.15, 0.2) is 39.2 Å². The summed E-state index contributed by atoms with van der Waals surface area (Å²) in [7, 11) is 0. The van der Waals surface area contributed by atoms with Gasteiger partial charge in [0.1, 0.15) is 5.82 Å². The average Bonchev–Trinajstić information content (AvgIpc) is 3.52. The minimum absolute atomic E-state index is 0.189. The average molecular weight is 558 g/mol. The Balaban J connectivity index is 0.000000405. The van der Waals surface area contributed by atoms with Crippen LogP contribution in [-0.2, 0) is 29.8 Å². The monoisotopic (exact) mass is 557 g/mol. The van der Waals surface area contributed by atoms with Gasteiger partial charge in [0.25, 0.3) is 0 Å². The number of carboxylic acids is 1. The molecule has 0 radical (unpaired) electrons. The lowest BCUT2D eigenvalue weighted by atomic mass is 9.85. The molecule has 2 aliphatic heterocycles. The number of hydrogen-bond donors (Lipinski definition) is 1. The van der Waals surface area contributed by atoms with Crippen LogP contribution in [0.2, 0.25) is 5.02 Å². The van der Waals surface area contributed by atoms with Gasteiger partial charge >= 0.3 is 23.3 Å². The molecule has 2 aliphatic rings. The van der Waals surface area contributed by atoms with E-state index in [1.54, 1.807) is 4.57 Å². The van der Waals surface area contributed by atoms with Crippen LogP contribution < -0.4 is 11.1 Å². The van der Waals surface area contributed by atoms with E-state index in [2.05, 4.69) is 16.0 Å². The zero-order chi connectivity index (χ0) is 27.0. The number of aryl methyl sites for hydroxylation is 1. The van der Waals surface area contributed by atoms with E-state index in [1.165, 1.54) is 21.6 Å². The molecule has 1 atom stereocenters. The first-order valence-electron chi connectivity index (χ1n) is 11.3. The predicted octanol–water partition coefficient (Wildman–Crippen LogP) is 3.05. The quantitative estimate of drug-likeness (QED) is 0.491. The third-order valence-corrected chi connectivity index (χ3v) is 7.43. The number of carboxylic acid groups (broad SMARTS) is 1. The molecule has 0 aliphatic carbocycles. The van der Waals surface area contributed by atoms with Crippen molar-refractivity contribution < 1.29 is 23.1 Å². The second-order valence-electron chi connectivity index (χ2n) is 9.02. The maximum atomic E-state index is 12.8. The van der Waals surface area contributed by atoms with E-state index in [1.807, 2.05) is 30.5 Å². The molecule has 198 valence electrons. The molecular weight excluding hydrogens is 535 g/mol. The van der Waals surface area contributed by atoms with Crippen LogP contribution in [0, 0.1) is 6.92 Å². The summed E-state index contributed by atoms with van der Waals surface area (Å²) in [6.45, 7) is 5.26. The van der Waals surface area contributed by atoms with Crippen LogP contribution in [0.5, 0.6) is 0 Å². The van der Waals surface area contributed by atoms with Crippen molar-refractivity contribution in [1.29, 1.82) is 0 Å². The fourth-order valence-electron chi connectivity index (χ4n) is 4.69. The van der Waals surface area contributed by atoms with Gasteiger partial charge in [-0.15, -0.1) is 11.3 Å². The highest BCUT2D eigenvalue weighted by Crippen LogP contribution is 2.40. The molecule has 9 nitrogen and oxygen atoms in total. The lowest BCUT2D eigenvalue weighted by Crippen LogP contribution is -2.45. The number of halogens is 4. The number of likely N-dealkylation sites (tertiary alicyclic amines) is 1. The van der Waals surface area contributed by atoms with Crippen molar-refractivity contribution in [2.24, 2.45) is 0 Å². The zero-order valence-corrected chi connectivity index (χ0v) is 21.2. The second kappa shape index (κ2) is 10.4. The molecule has 0 bridgehead atoms. The molecule has 4 heterocycles. The first-order valence-corrected chi connectivity index (χ1v) is 12.5. The summed E-state index contributed by atoms with van der Waals surface area (Å²) in [4.78, 5) is 41.1. The maximum Gasteiger partial charge on any atom is 0.490 e. The standard InChI is InChI=1S/C21H22ClN5O2S.C2HF3O2/c1-14-23-17(12-30-14)11-27-19(29)18(28)26-8-6-21(20(26)24-27)5-7-25(13-21)10-15-3-2-4-16(22)9-15;3-2(4,5)1(6)7/h2-4,9,12H,5-8,10-11,13H2,1H3;(H,6,7). The summed E-state index contributed by atoms with van der Waals surface area (Å²) in [5, 5.41) is 15.4. The molecule has 1 fully saturated rings. The van der Waals surface area contributed by atoms with Gasteiger partial charge in [0, 0.05) is 35.5 Å². The van der Waals surface area contributed by atoms with Gasteiger partial charge in [0.05, 0.1) is 17.2 Å². The van der Waals surface area contributed by atoms with Crippen molar-refractivity contribution >= 4 is 28.9 Å². The molecule has 3 aromatic rings. The largest absolute Gasteiger partial charge is 0.490 e. The van der Waals surface area contributed by atoms with Crippen LogP contribution in [0.1, 0.15) is 34.9 Å². The van der Waals surface area contributed by atoms with Crippen molar-refractivity contribution in [2.45, 2.75) is 51.0 Å². The van der Waals surface area contributed by atoms with Gasteiger partial charge in [0.15, 0.2) is 0 Å². The van der Waals surface area contributed by atoms with Gasteiger partial charge in [-0.3, -0.25) is 19.1 Å². The Labute approximate surface area is 217 Å². The Bertz CT molecular complexity index is 1440. The van der Waals surface area contributed by atoms with Crippen molar-refractivity contribution in [3.8, 4) is 0 Å². The fourth-order valence-corrected chi connectivity index (χ4v) is 5.50. The molecule has 0 amide bonds. The fraction of sp³-hybridized carbons (Fsp3) is 0.435. The van der Waals surface area contributed by atoms with E-state index < -0.39 is 23.3 Å². The minimum Gasteiger partial charge on any atom is -0.475 e. The number of fused-ring (bicyclic) bond motifs is 2. The van der Waals surface area contributed by atoms with Crippen molar-refractivity contribution in [3.05, 3.63) is 77.5 Å². The molecule has 14 heteroatoms. The number of rotatable bonds is 4. The number of alkyl halides is 3. The molecule has 1 N–H and O–H groups in total. The molecule has 0 saturated carbocycles. The van der Waals surface area contributed by atoms with Crippen molar-refractivity contribution in [2.75, 3.05) is 13.1 Å². The normalized spacial score (nSPS) is 19.1. The molecular formula is C23H23ClF3N5O4S. The van der Waals surface area contributed by atoms with Gasteiger partial charge in [-0.05, 0) is 44.0 Å². The van der Waals surface area contributed by atoms with Crippen molar-refractivity contribution in [1.82, 2.24) is 24.2 Å². The lowest BCUT2D eigenvalue weighted by Gasteiger charge is -2.24. The summed E-state index contributed by atoms with van der Waals surface area (Å²) in [5.41, 5.74) is 0.696. The molecule has 37 heavy (non-hydrogen) atoms. The third-order valence-electron chi connectivity index (χ3n) is 6.37. The zero-order valence-electron chi connectivity index (χ0n) is 19.7. The Hall–Kier alpha value is -3.03. The number of aliphatic carboxylic acids is 1. The van der Waals surface area contributed by atoms with Gasteiger partial charge in [0.2, 0.25) is 0 Å². The maximum absolute atomic E-state index is 12.8. The topological polar surface area (TPSA) is 110 Å². The number of hydrogen-bond acceptors (Lipinski definition) is 7. The van der Waals surface area contributed by atoms with E-state index >= 15 is 0 Å². The Morgan fingerprint density at radius 3 is 2.51 bits per heavy atom. The molecule has 1 aromatic carbocycles. The number of benzene rings is 1. The van der Waals surface area contributed by atoms with E-state index in [0.717, 1.165) is 54.0 Å². The highest BCUT2D eigenvalue weighted by Gasteiger charge is 2.47. The number of aromatic nitrogens is 4. The van der Waals surface area contributed by atoms with E-state index in [9.17, 15) is 22.8 Å². The Morgan fingerprint density at radius 1 is 1.19 bits per heavy atom. The number of nitrogens with zero attached hydrogens (tertiary/aromatic N) is 5. The van der Waals surface area contributed by atoms with E-state index in [0.29, 0.717) is 6.54 Å². The number of carbonyl (C=O) groups is 1. The van der Waals surface area contributed by atoms with Crippen LogP contribution in [0.4, 0.5) is 13.2 Å². The Kier molecular flexibility index (Phi) is 7.58. The summed E-state index contributed by atoms with van der Waals surface area (Å²) >= 11 is 7.66.